The van der Waals surface area contributed by atoms with E-state index in [2.05, 4.69) is 12.1 Å². The number of ether oxygens (including phenoxy) is 1. The van der Waals surface area contributed by atoms with Gasteiger partial charge in [-0.25, -0.2) is 0 Å². The highest BCUT2D eigenvalue weighted by Gasteiger charge is 2.41. The van der Waals surface area contributed by atoms with Crippen molar-refractivity contribution in [3.8, 4) is 6.07 Å². The number of carbonyl (C=O) groups is 1. The molecule has 0 bridgehead atoms. The molecular weight excluding hydrogens is 252 g/mol. The van der Waals surface area contributed by atoms with Crippen LogP contribution in [0.4, 0.5) is 0 Å². The van der Waals surface area contributed by atoms with Gasteiger partial charge < -0.3 is 9.64 Å². The summed E-state index contributed by atoms with van der Waals surface area (Å²) in [5.41, 5.74) is 0.492. The van der Waals surface area contributed by atoms with E-state index in [9.17, 15) is 10.1 Å². The fraction of sp³-hybridized carbons (Fsp3) is 0.750. The molecule has 0 aromatic heterocycles. The number of carbonyl (C=O) groups excluding carboxylic acids is 1. The van der Waals surface area contributed by atoms with Crippen molar-refractivity contribution in [2.75, 3.05) is 26.8 Å². The summed E-state index contributed by atoms with van der Waals surface area (Å²) in [7, 11) is 1.69. The largest absolute Gasteiger partial charge is 0.380 e. The van der Waals surface area contributed by atoms with Crippen molar-refractivity contribution in [1.82, 2.24) is 4.90 Å². The topological polar surface area (TPSA) is 53.3 Å². The third-order valence-electron chi connectivity index (χ3n) is 4.50. The lowest BCUT2D eigenvalue weighted by Gasteiger charge is -2.33. The Labute approximate surface area is 121 Å². The molecule has 0 atom stereocenters. The molecule has 1 aliphatic carbocycles. The van der Waals surface area contributed by atoms with Gasteiger partial charge in [-0.15, -0.1) is 0 Å². The number of amides is 1. The predicted octanol–water partition coefficient (Wildman–Crippen LogP) is 2.66. The average Bonchev–Trinajstić information content (AvgIpc) is 2.74. The summed E-state index contributed by atoms with van der Waals surface area (Å²) in [5, 5.41) is 9.57. The van der Waals surface area contributed by atoms with Crippen molar-refractivity contribution in [2.24, 2.45) is 5.41 Å². The third-order valence-corrected chi connectivity index (χ3v) is 4.50. The van der Waals surface area contributed by atoms with Gasteiger partial charge in [0.05, 0.1) is 12.7 Å². The molecule has 1 aliphatic heterocycles. The molecule has 0 radical (unpaired) electrons. The number of hydrogen-bond donors (Lipinski definition) is 0. The number of methoxy groups -OCH3 is 1. The monoisotopic (exact) mass is 276 g/mol. The van der Waals surface area contributed by atoms with E-state index in [0.717, 1.165) is 51.5 Å². The minimum absolute atomic E-state index is 0.0506. The van der Waals surface area contributed by atoms with E-state index in [1.807, 2.05) is 4.90 Å². The van der Waals surface area contributed by atoms with Crippen molar-refractivity contribution >= 4 is 5.91 Å². The second-order valence-electron chi connectivity index (χ2n) is 5.90. The van der Waals surface area contributed by atoms with Gasteiger partial charge in [-0.3, -0.25) is 4.79 Å². The Kier molecular flexibility index (Phi) is 5.19. The maximum absolute atomic E-state index is 12.8. The molecule has 1 amide bonds. The Balaban J connectivity index is 2.05. The van der Waals surface area contributed by atoms with Crippen molar-refractivity contribution in [3.63, 3.8) is 0 Å². The van der Waals surface area contributed by atoms with Gasteiger partial charge in [0.25, 0.3) is 0 Å². The van der Waals surface area contributed by atoms with Gasteiger partial charge in [0, 0.05) is 20.2 Å². The summed E-state index contributed by atoms with van der Waals surface area (Å²) in [5.74, 6) is 0.0506. The van der Waals surface area contributed by atoms with E-state index in [1.54, 1.807) is 7.11 Å². The highest BCUT2D eigenvalue weighted by atomic mass is 16.5. The summed E-state index contributed by atoms with van der Waals surface area (Å²) < 4.78 is 5.13. The van der Waals surface area contributed by atoms with Crippen LogP contribution in [0.5, 0.6) is 0 Å². The smallest absolute Gasteiger partial charge is 0.243 e. The van der Waals surface area contributed by atoms with Crippen molar-refractivity contribution in [2.45, 2.75) is 44.9 Å². The Bertz CT molecular complexity index is 415. The molecule has 0 spiro atoms. The van der Waals surface area contributed by atoms with Crippen LogP contribution < -0.4 is 0 Å². The molecule has 1 fully saturated rings. The minimum Gasteiger partial charge on any atom is -0.380 e. The summed E-state index contributed by atoms with van der Waals surface area (Å²) in [6.07, 6.45) is 8.69. The van der Waals surface area contributed by atoms with Gasteiger partial charge in [-0.2, -0.15) is 5.26 Å². The fourth-order valence-electron chi connectivity index (χ4n) is 3.22. The highest BCUT2D eigenvalue weighted by molar-refractivity contribution is 5.85. The van der Waals surface area contributed by atoms with Gasteiger partial charge in [0.2, 0.25) is 5.91 Å². The number of nitrogens with zero attached hydrogens (tertiary/aromatic N) is 2. The van der Waals surface area contributed by atoms with Gasteiger partial charge in [-0.05, 0) is 24.8 Å². The second-order valence-corrected chi connectivity index (χ2v) is 5.90. The zero-order valence-electron chi connectivity index (χ0n) is 12.4. The molecule has 0 aromatic rings. The van der Waals surface area contributed by atoms with Crippen LogP contribution in [0.25, 0.3) is 0 Å². The van der Waals surface area contributed by atoms with Crippen LogP contribution in [0, 0.1) is 16.7 Å². The van der Waals surface area contributed by atoms with Gasteiger partial charge >= 0.3 is 0 Å². The first kappa shape index (κ1) is 15.1. The van der Waals surface area contributed by atoms with Crippen LogP contribution in [0.2, 0.25) is 0 Å². The van der Waals surface area contributed by atoms with Crippen LogP contribution in [0.15, 0.2) is 11.6 Å². The van der Waals surface area contributed by atoms with E-state index in [0.29, 0.717) is 13.2 Å². The average molecular weight is 276 g/mol. The van der Waals surface area contributed by atoms with Crippen LogP contribution in [0.1, 0.15) is 44.9 Å². The zero-order chi connectivity index (χ0) is 14.4. The molecule has 20 heavy (non-hydrogen) atoms. The number of nitriles is 1. The molecule has 1 heterocycles. The van der Waals surface area contributed by atoms with E-state index in [4.69, 9.17) is 4.74 Å². The Morgan fingerprint density at radius 3 is 2.60 bits per heavy atom. The molecule has 2 rings (SSSR count). The molecular formula is C16H24N2O2. The predicted molar refractivity (Wildman–Crippen MR) is 76.9 cm³/mol. The molecule has 0 aromatic carbocycles. The third kappa shape index (κ3) is 3.21. The maximum atomic E-state index is 12.8. The van der Waals surface area contributed by atoms with Crippen LogP contribution in [-0.4, -0.2) is 37.6 Å². The lowest BCUT2D eigenvalue weighted by atomic mass is 9.80. The minimum atomic E-state index is -0.761. The molecule has 2 aliphatic rings. The number of hydrogen-bond acceptors (Lipinski definition) is 3. The lowest BCUT2D eigenvalue weighted by molar-refractivity contribution is -0.139. The quantitative estimate of drug-likeness (QED) is 0.588. The zero-order valence-corrected chi connectivity index (χ0v) is 12.4. The van der Waals surface area contributed by atoms with Crippen molar-refractivity contribution in [1.29, 1.82) is 5.26 Å². The summed E-state index contributed by atoms with van der Waals surface area (Å²) in [6.45, 7) is 1.99. The van der Waals surface area contributed by atoms with Crippen molar-refractivity contribution in [3.05, 3.63) is 11.6 Å². The Morgan fingerprint density at radius 2 is 2.10 bits per heavy atom. The normalized spacial score (nSPS) is 22.6. The fourth-order valence-corrected chi connectivity index (χ4v) is 3.22. The standard InChI is InChI=1S/C16H24N2O2/c1-20-12-14-6-10-18(11-7-14)15(19)16(13-17)8-4-2-3-5-9-16/h6H,2-5,7-12H2,1H3. The maximum Gasteiger partial charge on any atom is 0.243 e. The van der Waals surface area contributed by atoms with Crippen LogP contribution >= 0.6 is 0 Å². The molecule has 4 heteroatoms. The molecule has 0 unspecified atom stereocenters. The van der Waals surface area contributed by atoms with Gasteiger partial charge in [0.1, 0.15) is 5.41 Å². The Hall–Kier alpha value is -1.34. The molecule has 110 valence electrons. The van der Waals surface area contributed by atoms with E-state index in [-0.39, 0.29) is 5.91 Å². The van der Waals surface area contributed by atoms with Crippen LogP contribution in [0.3, 0.4) is 0 Å². The summed E-state index contributed by atoms with van der Waals surface area (Å²) in [4.78, 5) is 14.6. The van der Waals surface area contributed by atoms with Crippen LogP contribution in [-0.2, 0) is 9.53 Å². The molecule has 0 N–H and O–H groups in total. The molecule has 4 nitrogen and oxygen atoms in total. The van der Waals surface area contributed by atoms with Gasteiger partial charge in [-0.1, -0.05) is 31.8 Å². The first-order valence-corrected chi connectivity index (χ1v) is 7.59. The number of rotatable bonds is 3. The first-order valence-electron chi connectivity index (χ1n) is 7.59. The van der Waals surface area contributed by atoms with E-state index < -0.39 is 5.41 Å². The first-order chi connectivity index (χ1) is 9.72. The SMILES string of the molecule is COCC1=CCN(C(=O)C2(C#N)CCCCCC2)CC1. The second kappa shape index (κ2) is 6.90. The molecule has 1 saturated carbocycles. The molecule has 0 saturated heterocycles. The summed E-state index contributed by atoms with van der Waals surface area (Å²) >= 11 is 0. The van der Waals surface area contributed by atoms with E-state index in [1.165, 1.54) is 5.57 Å². The summed E-state index contributed by atoms with van der Waals surface area (Å²) in [6, 6.07) is 2.35. The van der Waals surface area contributed by atoms with Gasteiger partial charge in [0.15, 0.2) is 0 Å². The highest BCUT2D eigenvalue weighted by Crippen LogP contribution is 2.36. The Morgan fingerprint density at radius 1 is 1.40 bits per heavy atom. The van der Waals surface area contributed by atoms with E-state index >= 15 is 0 Å². The van der Waals surface area contributed by atoms with Crippen molar-refractivity contribution < 1.29 is 9.53 Å². The lowest BCUT2D eigenvalue weighted by Crippen LogP contribution is -2.45.